The fourth-order valence-electron chi connectivity index (χ4n) is 2.35. The molecule has 0 radical (unpaired) electrons. The van der Waals surface area contributed by atoms with Crippen molar-refractivity contribution in [1.82, 2.24) is 4.57 Å². The van der Waals surface area contributed by atoms with E-state index in [0.717, 1.165) is 16.2 Å². The Kier molecular flexibility index (Phi) is 5.46. The third-order valence-electron chi connectivity index (χ3n) is 3.46. The Morgan fingerprint density at radius 2 is 2.04 bits per heavy atom. The highest BCUT2D eigenvalue weighted by atomic mass is 32.1. The number of carbonyl (C=O) groups excluding carboxylic acids is 1. The van der Waals surface area contributed by atoms with Crippen LogP contribution in [0.15, 0.2) is 52.6 Å². The van der Waals surface area contributed by atoms with Crippen molar-refractivity contribution in [3.63, 3.8) is 0 Å². The second-order valence-corrected chi connectivity index (χ2v) is 7.12. The molecule has 0 N–H and O–H groups in total. The van der Waals surface area contributed by atoms with Gasteiger partial charge in [0.15, 0.2) is 5.57 Å². The Balaban J connectivity index is 2.39. The molecule has 1 aromatic carbocycles. The van der Waals surface area contributed by atoms with Crippen LogP contribution in [0.1, 0.15) is 11.8 Å². The predicted octanol–water partition coefficient (Wildman–Crippen LogP) is 2.03. The number of rotatable bonds is 4. The van der Waals surface area contributed by atoms with Crippen LogP contribution in [0.4, 0.5) is 0 Å². The quantitative estimate of drug-likeness (QED) is 0.647. The van der Waals surface area contributed by atoms with Crippen molar-refractivity contribution < 1.29 is 9.53 Å². The number of esters is 1. The van der Waals surface area contributed by atoms with Gasteiger partial charge < -0.3 is 4.74 Å². The van der Waals surface area contributed by atoms with E-state index in [0.29, 0.717) is 10.2 Å². The summed E-state index contributed by atoms with van der Waals surface area (Å²) in [6.07, 6.45) is 1.76. The molecule has 0 saturated heterocycles. The number of thiophene rings is 1. The van der Waals surface area contributed by atoms with Crippen LogP contribution < -0.4 is 14.8 Å². The molecule has 3 rings (SSSR count). The van der Waals surface area contributed by atoms with Crippen molar-refractivity contribution >= 4 is 40.3 Å². The molecule has 5 nitrogen and oxygen atoms in total. The topological polar surface area (TPSA) is 72.1 Å². The fourth-order valence-corrected chi connectivity index (χ4v) is 4.16. The third kappa shape index (κ3) is 3.52. The van der Waals surface area contributed by atoms with Gasteiger partial charge in [0.05, 0.1) is 16.8 Å². The lowest BCUT2D eigenvalue weighted by Gasteiger charge is -2.03. The molecule has 0 fully saturated rings. The lowest BCUT2D eigenvalue weighted by molar-refractivity contribution is -0.136. The second-order valence-electron chi connectivity index (χ2n) is 5.11. The first-order valence-electron chi connectivity index (χ1n) is 7.79. The summed E-state index contributed by atoms with van der Waals surface area (Å²) in [6.45, 7) is 1.82. The molecule has 26 heavy (non-hydrogen) atoms. The number of carbonyl (C=O) groups is 1. The number of hydrogen-bond acceptors (Lipinski definition) is 6. The molecule has 0 saturated carbocycles. The van der Waals surface area contributed by atoms with E-state index >= 15 is 0 Å². The highest BCUT2D eigenvalue weighted by Crippen LogP contribution is 2.09. The van der Waals surface area contributed by atoms with E-state index in [1.807, 2.05) is 29.6 Å². The van der Waals surface area contributed by atoms with Crippen LogP contribution in [0, 0.1) is 11.3 Å². The van der Waals surface area contributed by atoms with Crippen molar-refractivity contribution in [2.75, 3.05) is 6.61 Å². The van der Waals surface area contributed by atoms with Gasteiger partial charge in [-0.15, -0.1) is 22.7 Å². The van der Waals surface area contributed by atoms with Crippen LogP contribution >= 0.6 is 22.7 Å². The molecule has 2 aromatic heterocycles. The summed E-state index contributed by atoms with van der Waals surface area (Å²) >= 11 is 2.61. The first-order valence-corrected chi connectivity index (χ1v) is 9.49. The fraction of sp³-hybridized carbons (Fsp3) is 0.105. The van der Waals surface area contributed by atoms with E-state index in [4.69, 9.17) is 4.74 Å². The third-order valence-corrected chi connectivity index (χ3v) is 5.37. The van der Waals surface area contributed by atoms with Gasteiger partial charge in [-0.1, -0.05) is 24.3 Å². The monoisotopic (exact) mass is 382 g/mol. The van der Waals surface area contributed by atoms with Crippen molar-refractivity contribution in [3.05, 3.63) is 72.3 Å². The SMILES string of the molecule is CCOC(=O)C(C#N)=c1sc(=Cc2cccs2)c(=O)n1-c1ccccc1. The average molecular weight is 382 g/mol. The normalized spacial score (nSPS) is 12.5. The van der Waals surface area contributed by atoms with Crippen LogP contribution in [0.3, 0.4) is 0 Å². The number of nitrogens with zero attached hydrogens (tertiary/aromatic N) is 2. The lowest BCUT2D eigenvalue weighted by Crippen LogP contribution is -2.31. The maximum atomic E-state index is 13.0. The van der Waals surface area contributed by atoms with Gasteiger partial charge in [-0.2, -0.15) is 5.26 Å². The molecule has 7 heteroatoms. The Hall–Kier alpha value is -2.95. The maximum absolute atomic E-state index is 13.0. The van der Waals surface area contributed by atoms with Crippen LogP contribution in [-0.2, 0) is 9.53 Å². The van der Waals surface area contributed by atoms with Gasteiger partial charge in [-0.05, 0) is 36.6 Å². The van der Waals surface area contributed by atoms with Crippen molar-refractivity contribution in [1.29, 1.82) is 5.26 Å². The van der Waals surface area contributed by atoms with Gasteiger partial charge in [0.1, 0.15) is 10.7 Å². The zero-order chi connectivity index (χ0) is 18.5. The summed E-state index contributed by atoms with van der Waals surface area (Å²) in [6, 6.07) is 14.6. The molecule has 3 aromatic rings. The minimum Gasteiger partial charge on any atom is -0.462 e. The molecular weight excluding hydrogens is 368 g/mol. The smallest absolute Gasteiger partial charge is 0.351 e. The maximum Gasteiger partial charge on any atom is 0.351 e. The Morgan fingerprint density at radius 1 is 1.27 bits per heavy atom. The van der Waals surface area contributed by atoms with Gasteiger partial charge in [0.25, 0.3) is 5.56 Å². The van der Waals surface area contributed by atoms with Crippen molar-refractivity contribution in [2.24, 2.45) is 0 Å². The molecule has 0 aliphatic heterocycles. The summed E-state index contributed by atoms with van der Waals surface area (Å²) in [5.74, 6) is -0.733. The number of hydrogen-bond donors (Lipinski definition) is 0. The minimum absolute atomic E-state index is 0.152. The molecule has 0 spiro atoms. The molecule has 0 unspecified atom stereocenters. The summed E-state index contributed by atoms with van der Waals surface area (Å²) in [4.78, 5) is 26.1. The van der Waals surface area contributed by atoms with E-state index in [2.05, 4.69) is 0 Å². The van der Waals surface area contributed by atoms with Crippen LogP contribution in [0.25, 0.3) is 17.3 Å². The molecular formula is C19H14N2O3S2. The lowest BCUT2D eigenvalue weighted by atomic mass is 10.3. The van der Waals surface area contributed by atoms with Crippen molar-refractivity contribution in [3.8, 4) is 11.8 Å². The number of para-hydroxylation sites is 1. The molecule has 0 atom stereocenters. The van der Waals surface area contributed by atoms with Gasteiger partial charge >= 0.3 is 5.97 Å². The van der Waals surface area contributed by atoms with E-state index in [1.54, 1.807) is 37.3 Å². The molecule has 0 aliphatic carbocycles. The number of nitriles is 1. The van der Waals surface area contributed by atoms with Gasteiger partial charge in [0, 0.05) is 4.88 Å². The summed E-state index contributed by atoms with van der Waals surface area (Å²) < 4.78 is 7.08. The summed E-state index contributed by atoms with van der Waals surface area (Å²) in [5.41, 5.74) is 0.136. The second kappa shape index (κ2) is 7.95. The Labute approximate surface area is 157 Å². The largest absolute Gasteiger partial charge is 0.462 e. The van der Waals surface area contributed by atoms with Crippen LogP contribution in [0.5, 0.6) is 0 Å². The number of ether oxygens (including phenoxy) is 1. The first-order chi connectivity index (χ1) is 12.7. The number of benzene rings is 1. The summed E-state index contributed by atoms with van der Waals surface area (Å²) in [5, 5.41) is 11.4. The predicted molar refractivity (Wildman–Crippen MR) is 103 cm³/mol. The van der Waals surface area contributed by atoms with E-state index in [-0.39, 0.29) is 22.4 Å². The molecule has 130 valence electrons. The van der Waals surface area contributed by atoms with E-state index in [9.17, 15) is 14.9 Å². The zero-order valence-electron chi connectivity index (χ0n) is 13.8. The van der Waals surface area contributed by atoms with Gasteiger partial charge in [0.2, 0.25) is 0 Å². The van der Waals surface area contributed by atoms with Crippen LogP contribution in [0.2, 0.25) is 0 Å². The molecule has 2 heterocycles. The highest BCUT2D eigenvalue weighted by molar-refractivity contribution is 7.11. The Bertz CT molecular complexity index is 1130. The minimum atomic E-state index is -0.733. The van der Waals surface area contributed by atoms with E-state index < -0.39 is 5.97 Å². The standard InChI is InChI=1S/C19H14N2O3S2/c1-2-24-19(23)15(12-20)18-21(13-7-4-3-5-8-13)17(22)16(26-18)11-14-9-6-10-25-14/h3-11H,2H2,1H3. The van der Waals surface area contributed by atoms with E-state index in [1.165, 1.54) is 15.9 Å². The Morgan fingerprint density at radius 3 is 2.65 bits per heavy atom. The average Bonchev–Trinajstić information content (AvgIpc) is 3.26. The first kappa shape index (κ1) is 17.9. The number of thiazole rings is 1. The highest BCUT2D eigenvalue weighted by Gasteiger charge is 2.17. The molecule has 0 bridgehead atoms. The molecule has 0 aliphatic rings. The summed E-state index contributed by atoms with van der Waals surface area (Å²) in [7, 11) is 0. The number of aromatic nitrogens is 1. The van der Waals surface area contributed by atoms with Crippen molar-refractivity contribution in [2.45, 2.75) is 6.92 Å². The zero-order valence-corrected chi connectivity index (χ0v) is 15.5. The van der Waals surface area contributed by atoms with Gasteiger partial charge in [-0.3, -0.25) is 9.36 Å². The van der Waals surface area contributed by atoms with Gasteiger partial charge in [-0.25, -0.2) is 4.79 Å². The molecule has 0 amide bonds. The van der Waals surface area contributed by atoms with Crippen LogP contribution in [-0.4, -0.2) is 17.1 Å².